The average molecular weight is 278 g/mol. The van der Waals surface area contributed by atoms with Gasteiger partial charge in [0.05, 0.1) is 7.11 Å². The fourth-order valence-corrected chi connectivity index (χ4v) is 2.42. The van der Waals surface area contributed by atoms with E-state index in [1.807, 2.05) is 17.0 Å². The molecule has 5 nitrogen and oxygen atoms in total. The summed E-state index contributed by atoms with van der Waals surface area (Å²) in [5.41, 5.74) is 0.776. The standard InChI is InChI=1S/C15H22N2O3/c1-20-13-6-4-5-12(15(13)19)11-16-8-7-14(18)17-9-2-3-10-17/h4-6,16,19H,2-3,7-11H2,1H3. The van der Waals surface area contributed by atoms with Crippen LogP contribution in [0.15, 0.2) is 18.2 Å². The quantitative estimate of drug-likeness (QED) is 0.774. The van der Waals surface area contributed by atoms with Crippen LogP contribution in [0.1, 0.15) is 24.8 Å². The fourth-order valence-electron chi connectivity index (χ4n) is 2.42. The summed E-state index contributed by atoms with van der Waals surface area (Å²) >= 11 is 0. The molecule has 20 heavy (non-hydrogen) atoms. The van der Waals surface area contributed by atoms with Gasteiger partial charge < -0.3 is 20.1 Å². The Bertz CT molecular complexity index is 456. The Labute approximate surface area is 119 Å². The highest BCUT2D eigenvalue weighted by Crippen LogP contribution is 2.29. The number of phenolic OH excluding ortho intramolecular Hbond substituents is 1. The SMILES string of the molecule is COc1cccc(CNCCC(=O)N2CCCC2)c1O. The molecule has 0 saturated carbocycles. The highest BCUT2D eigenvalue weighted by Gasteiger charge is 2.17. The number of hydrogen-bond donors (Lipinski definition) is 2. The number of likely N-dealkylation sites (tertiary alicyclic amines) is 1. The maximum atomic E-state index is 11.8. The molecule has 2 rings (SSSR count). The number of methoxy groups -OCH3 is 1. The smallest absolute Gasteiger partial charge is 0.223 e. The van der Waals surface area contributed by atoms with Crippen LogP contribution in [0.25, 0.3) is 0 Å². The number of phenols is 1. The number of rotatable bonds is 6. The Morgan fingerprint density at radius 1 is 1.40 bits per heavy atom. The van der Waals surface area contributed by atoms with Crippen molar-refractivity contribution < 1.29 is 14.6 Å². The predicted octanol–water partition coefficient (Wildman–Crippen LogP) is 1.50. The molecule has 2 N–H and O–H groups in total. The van der Waals surface area contributed by atoms with E-state index in [-0.39, 0.29) is 11.7 Å². The van der Waals surface area contributed by atoms with Crippen molar-refractivity contribution in [2.75, 3.05) is 26.7 Å². The van der Waals surface area contributed by atoms with Crippen LogP contribution in [0.2, 0.25) is 0 Å². The lowest BCUT2D eigenvalue weighted by Gasteiger charge is -2.15. The third-order valence-electron chi connectivity index (χ3n) is 3.59. The van der Waals surface area contributed by atoms with Crippen LogP contribution in [0.4, 0.5) is 0 Å². The van der Waals surface area contributed by atoms with Crippen molar-refractivity contribution in [2.24, 2.45) is 0 Å². The van der Waals surface area contributed by atoms with E-state index in [2.05, 4.69) is 5.32 Å². The maximum Gasteiger partial charge on any atom is 0.223 e. The number of hydrogen-bond acceptors (Lipinski definition) is 4. The summed E-state index contributed by atoms with van der Waals surface area (Å²) in [6, 6.07) is 5.40. The monoisotopic (exact) mass is 278 g/mol. The Balaban J connectivity index is 1.74. The molecule has 0 unspecified atom stereocenters. The number of benzene rings is 1. The molecule has 1 fully saturated rings. The van der Waals surface area contributed by atoms with Gasteiger partial charge in [0.25, 0.3) is 0 Å². The van der Waals surface area contributed by atoms with Crippen LogP contribution in [-0.4, -0.2) is 42.7 Å². The molecule has 110 valence electrons. The molecule has 1 amide bonds. The topological polar surface area (TPSA) is 61.8 Å². The second kappa shape index (κ2) is 7.14. The number of nitrogens with one attached hydrogen (secondary N) is 1. The van der Waals surface area contributed by atoms with Crippen molar-refractivity contribution in [3.05, 3.63) is 23.8 Å². The first-order chi connectivity index (χ1) is 9.72. The molecular formula is C15H22N2O3. The van der Waals surface area contributed by atoms with Crippen molar-refractivity contribution in [1.82, 2.24) is 10.2 Å². The lowest BCUT2D eigenvalue weighted by atomic mass is 10.2. The van der Waals surface area contributed by atoms with E-state index in [1.165, 1.54) is 7.11 Å². The van der Waals surface area contributed by atoms with Crippen LogP contribution < -0.4 is 10.1 Å². The van der Waals surface area contributed by atoms with Crippen molar-refractivity contribution in [2.45, 2.75) is 25.8 Å². The summed E-state index contributed by atoms with van der Waals surface area (Å²) in [7, 11) is 1.53. The Morgan fingerprint density at radius 3 is 2.85 bits per heavy atom. The summed E-state index contributed by atoms with van der Waals surface area (Å²) < 4.78 is 5.06. The van der Waals surface area contributed by atoms with Gasteiger partial charge in [0.1, 0.15) is 0 Å². The van der Waals surface area contributed by atoms with Crippen LogP contribution in [0.3, 0.4) is 0 Å². The number of aromatic hydroxyl groups is 1. The first-order valence-corrected chi connectivity index (χ1v) is 7.05. The molecule has 0 atom stereocenters. The Hall–Kier alpha value is -1.75. The minimum Gasteiger partial charge on any atom is -0.504 e. The molecule has 0 aromatic heterocycles. The number of ether oxygens (including phenoxy) is 1. The van der Waals surface area contributed by atoms with Gasteiger partial charge in [-0.2, -0.15) is 0 Å². The van der Waals surface area contributed by atoms with E-state index >= 15 is 0 Å². The van der Waals surface area contributed by atoms with Gasteiger partial charge >= 0.3 is 0 Å². The third-order valence-corrected chi connectivity index (χ3v) is 3.59. The molecule has 0 aliphatic carbocycles. The molecule has 5 heteroatoms. The average Bonchev–Trinajstić information content (AvgIpc) is 2.99. The van der Waals surface area contributed by atoms with Gasteiger partial charge in [0, 0.05) is 38.2 Å². The molecule has 0 bridgehead atoms. The van der Waals surface area contributed by atoms with Gasteiger partial charge in [0.15, 0.2) is 11.5 Å². The highest BCUT2D eigenvalue weighted by molar-refractivity contribution is 5.76. The minimum atomic E-state index is 0.161. The lowest BCUT2D eigenvalue weighted by Crippen LogP contribution is -2.30. The molecule has 1 aromatic rings. The van der Waals surface area contributed by atoms with Gasteiger partial charge in [-0.05, 0) is 18.9 Å². The van der Waals surface area contributed by atoms with Crippen molar-refractivity contribution >= 4 is 5.91 Å². The van der Waals surface area contributed by atoms with Gasteiger partial charge in [-0.25, -0.2) is 0 Å². The first kappa shape index (κ1) is 14.7. The number of nitrogens with zero attached hydrogens (tertiary/aromatic N) is 1. The summed E-state index contributed by atoms with van der Waals surface area (Å²) in [5, 5.41) is 13.1. The minimum absolute atomic E-state index is 0.161. The zero-order valence-corrected chi connectivity index (χ0v) is 11.9. The second-order valence-electron chi connectivity index (χ2n) is 4.98. The van der Waals surface area contributed by atoms with Crippen molar-refractivity contribution in [3.8, 4) is 11.5 Å². The summed E-state index contributed by atoms with van der Waals surface area (Å²) in [4.78, 5) is 13.8. The summed E-state index contributed by atoms with van der Waals surface area (Å²) in [6.07, 6.45) is 2.75. The number of carbonyl (C=O) groups is 1. The largest absolute Gasteiger partial charge is 0.504 e. The predicted molar refractivity (Wildman–Crippen MR) is 76.8 cm³/mol. The molecular weight excluding hydrogens is 256 g/mol. The lowest BCUT2D eigenvalue weighted by molar-refractivity contribution is -0.130. The Morgan fingerprint density at radius 2 is 2.15 bits per heavy atom. The first-order valence-electron chi connectivity index (χ1n) is 7.05. The van der Waals surface area contributed by atoms with E-state index in [4.69, 9.17) is 4.74 Å². The Kier molecular flexibility index (Phi) is 5.24. The maximum absolute atomic E-state index is 11.8. The van der Waals surface area contributed by atoms with Gasteiger partial charge in [-0.15, -0.1) is 0 Å². The van der Waals surface area contributed by atoms with E-state index < -0.39 is 0 Å². The molecule has 1 saturated heterocycles. The van der Waals surface area contributed by atoms with Gasteiger partial charge in [0.2, 0.25) is 5.91 Å². The van der Waals surface area contributed by atoms with Crippen LogP contribution in [-0.2, 0) is 11.3 Å². The van der Waals surface area contributed by atoms with Crippen LogP contribution in [0, 0.1) is 0 Å². The van der Waals surface area contributed by atoms with Crippen LogP contribution >= 0.6 is 0 Å². The normalized spacial score (nSPS) is 14.6. The zero-order chi connectivity index (χ0) is 14.4. The van der Waals surface area contributed by atoms with E-state index in [1.54, 1.807) is 6.07 Å². The van der Waals surface area contributed by atoms with Crippen molar-refractivity contribution in [1.29, 1.82) is 0 Å². The van der Waals surface area contributed by atoms with E-state index in [0.717, 1.165) is 31.5 Å². The third kappa shape index (κ3) is 3.63. The summed E-state index contributed by atoms with van der Waals surface area (Å²) in [5.74, 6) is 0.843. The number of para-hydroxylation sites is 1. The summed E-state index contributed by atoms with van der Waals surface area (Å²) in [6.45, 7) is 2.94. The number of amides is 1. The molecule has 1 aliphatic rings. The van der Waals surface area contributed by atoms with Crippen molar-refractivity contribution in [3.63, 3.8) is 0 Å². The molecule has 1 heterocycles. The fraction of sp³-hybridized carbons (Fsp3) is 0.533. The van der Waals surface area contributed by atoms with E-state index in [9.17, 15) is 9.90 Å². The molecule has 0 spiro atoms. The van der Waals surface area contributed by atoms with Gasteiger partial charge in [-0.3, -0.25) is 4.79 Å². The van der Waals surface area contributed by atoms with E-state index in [0.29, 0.717) is 25.3 Å². The highest BCUT2D eigenvalue weighted by atomic mass is 16.5. The molecule has 1 aliphatic heterocycles. The number of carbonyl (C=O) groups excluding carboxylic acids is 1. The zero-order valence-electron chi connectivity index (χ0n) is 11.9. The molecule has 1 aromatic carbocycles. The second-order valence-corrected chi connectivity index (χ2v) is 4.98. The molecule has 0 radical (unpaired) electrons. The van der Waals surface area contributed by atoms with Gasteiger partial charge in [-0.1, -0.05) is 12.1 Å². The van der Waals surface area contributed by atoms with Crippen LogP contribution in [0.5, 0.6) is 11.5 Å².